The third kappa shape index (κ3) is 3.62. The summed E-state index contributed by atoms with van der Waals surface area (Å²) in [5.74, 6) is 0. The van der Waals surface area contributed by atoms with Gasteiger partial charge < -0.3 is 5.32 Å². The lowest BCUT2D eigenvalue weighted by atomic mass is 10.2. The molecule has 1 N–H and O–H groups in total. The summed E-state index contributed by atoms with van der Waals surface area (Å²) >= 11 is 1.83. The molecule has 2 heteroatoms. The van der Waals surface area contributed by atoms with Crippen LogP contribution >= 0.6 is 11.8 Å². The van der Waals surface area contributed by atoms with Crippen molar-refractivity contribution in [1.82, 2.24) is 5.32 Å². The second kappa shape index (κ2) is 6.62. The highest BCUT2D eigenvalue weighted by Crippen LogP contribution is 2.30. The number of rotatable bonds is 5. The first-order valence-corrected chi connectivity index (χ1v) is 7.14. The highest BCUT2D eigenvalue weighted by atomic mass is 32.2. The molecule has 0 amide bonds. The largest absolute Gasteiger partial charge is 0.313 e. The fraction of sp³-hybridized carbons (Fsp3) is 0.250. The third-order valence-electron chi connectivity index (χ3n) is 2.79. The fourth-order valence-corrected chi connectivity index (χ4v) is 2.69. The Morgan fingerprint density at radius 1 is 1.00 bits per heavy atom. The van der Waals surface area contributed by atoms with Crippen molar-refractivity contribution in [1.29, 1.82) is 0 Å². The zero-order valence-corrected chi connectivity index (χ0v) is 11.8. The summed E-state index contributed by atoms with van der Waals surface area (Å²) in [5, 5.41) is 3.39. The van der Waals surface area contributed by atoms with Gasteiger partial charge in [-0.15, -0.1) is 0 Å². The topological polar surface area (TPSA) is 12.0 Å². The molecule has 0 fully saturated rings. The molecule has 0 aliphatic rings. The molecule has 1 nitrogen and oxygen atoms in total. The molecule has 0 saturated heterocycles. The molecule has 0 radical (unpaired) electrons. The Morgan fingerprint density at radius 2 is 1.72 bits per heavy atom. The molecule has 0 atom stereocenters. The summed E-state index contributed by atoms with van der Waals surface area (Å²) in [4.78, 5) is 2.63. The Morgan fingerprint density at radius 3 is 2.44 bits per heavy atom. The first kappa shape index (κ1) is 13.2. The highest BCUT2D eigenvalue weighted by molar-refractivity contribution is 7.99. The van der Waals surface area contributed by atoms with Crippen molar-refractivity contribution in [2.75, 3.05) is 6.54 Å². The molecule has 2 aromatic carbocycles. The van der Waals surface area contributed by atoms with E-state index in [4.69, 9.17) is 0 Å². The van der Waals surface area contributed by atoms with Gasteiger partial charge in [0.1, 0.15) is 0 Å². The first-order chi connectivity index (χ1) is 8.79. The van der Waals surface area contributed by atoms with E-state index in [0.717, 1.165) is 13.1 Å². The van der Waals surface area contributed by atoms with E-state index < -0.39 is 0 Å². The van der Waals surface area contributed by atoms with Gasteiger partial charge in [0, 0.05) is 16.3 Å². The van der Waals surface area contributed by atoms with E-state index in [1.165, 1.54) is 20.9 Å². The average molecular weight is 257 g/mol. The Hall–Kier alpha value is -1.25. The normalized spacial score (nSPS) is 10.6. The number of hydrogen-bond acceptors (Lipinski definition) is 2. The summed E-state index contributed by atoms with van der Waals surface area (Å²) in [6.07, 6.45) is 0. The molecule has 2 rings (SSSR count). The molecule has 18 heavy (non-hydrogen) atoms. The molecule has 0 unspecified atom stereocenters. The van der Waals surface area contributed by atoms with Crippen LogP contribution in [0, 0.1) is 6.92 Å². The van der Waals surface area contributed by atoms with Crippen LogP contribution in [0.5, 0.6) is 0 Å². The van der Waals surface area contributed by atoms with E-state index in [9.17, 15) is 0 Å². The fourth-order valence-electron chi connectivity index (χ4n) is 1.74. The lowest BCUT2D eigenvalue weighted by molar-refractivity contribution is 0.718. The van der Waals surface area contributed by atoms with Crippen LogP contribution in [0.25, 0.3) is 0 Å². The van der Waals surface area contributed by atoms with Gasteiger partial charge >= 0.3 is 0 Å². The van der Waals surface area contributed by atoms with Gasteiger partial charge in [-0.05, 0) is 37.2 Å². The zero-order chi connectivity index (χ0) is 12.8. The Bertz CT molecular complexity index is 491. The van der Waals surface area contributed by atoms with Crippen LogP contribution < -0.4 is 5.32 Å². The van der Waals surface area contributed by atoms with Gasteiger partial charge in [0.25, 0.3) is 0 Å². The summed E-state index contributed by atoms with van der Waals surface area (Å²) in [6.45, 7) is 6.19. The zero-order valence-electron chi connectivity index (χ0n) is 10.9. The van der Waals surface area contributed by atoms with E-state index in [1.54, 1.807) is 0 Å². The minimum absolute atomic E-state index is 0.936. The molecular weight excluding hydrogens is 238 g/mol. The summed E-state index contributed by atoms with van der Waals surface area (Å²) in [5.41, 5.74) is 2.67. The van der Waals surface area contributed by atoms with Gasteiger partial charge in [0.15, 0.2) is 0 Å². The number of nitrogens with one attached hydrogen (secondary N) is 1. The Kier molecular flexibility index (Phi) is 4.85. The van der Waals surface area contributed by atoms with Crippen molar-refractivity contribution in [2.45, 2.75) is 30.2 Å². The SMILES string of the molecule is CCNCc1ccccc1Sc1ccc(C)cc1. The molecule has 0 spiro atoms. The molecule has 0 heterocycles. The Balaban J connectivity index is 2.15. The van der Waals surface area contributed by atoms with Crippen molar-refractivity contribution < 1.29 is 0 Å². The van der Waals surface area contributed by atoms with Gasteiger partial charge in [-0.3, -0.25) is 0 Å². The highest BCUT2D eigenvalue weighted by Gasteiger charge is 2.03. The lowest BCUT2D eigenvalue weighted by Crippen LogP contribution is -2.12. The maximum Gasteiger partial charge on any atom is 0.0216 e. The minimum Gasteiger partial charge on any atom is -0.313 e. The van der Waals surface area contributed by atoms with Crippen molar-refractivity contribution >= 4 is 11.8 Å². The number of benzene rings is 2. The quantitative estimate of drug-likeness (QED) is 0.859. The standard InChI is InChI=1S/C16H19NS/c1-3-17-12-14-6-4-5-7-16(14)18-15-10-8-13(2)9-11-15/h4-11,17H,3,12H2,1-2H3. The molecular formula is C16H19NS. The molecule has 2 aromatic rings. The van der Waals surface area contributed by atoms with E-state index in [0.29, 0.717) is 0 Å². The average Bonchev–Trinajstić information content (AvgIpc) is 2.40. The molecule has 94 valence electrons. The van der Waals surface area contributed by atoms with Crippen LogP contribution in [-0.4, -0.2) is 6.54 Å². The number of hydrogen-bond donors (Lipinski definition) is 1. The van der Waals surface area contributed by atoms with Crippen LogP contribution in [0.3, 0.4) is 0 Å². The maximum atomic E-state index is 3.39. The van der Waals surface area contributed by atoms with Gasteiger partial charge in [-0.1, -0.05) is 54.6 Å². The van der Waals surface area contributed by atoms with Crippen molar-refractivity contribution in [3.63, 3.8) is 0 Å². The molecule has 0 aliphatic carbocycles. The molecule has 0 aliphatic heterocycles. The van der Waals surface area contributed by atoms with E-state index >= 15 is 0 Å². The third-order valence-corrected chi connectivity index (χ3v) is 3.91. The summed E-state index contributed by atoms with van der Waals surface area (Å²) in [6, 6.07) is 17.3. The van der Waals surface area contributed by atoms with Crippen molar-refractivity contribution in [3.8, 4) is 0 Å². The van der Waals surface area contributed by atoms with Gasteiger partial charge in [0.2, 0.25) is 0 Å². The van der Waals surface area contributed by atoms with Crippen LogP contribution in [0.15, 0.2) is 58.3 Å². The summed E-state index contributed by atoms with van der Waals surface area (Å²) in [7, 11) is 0. The minimum atomic E-state index is 0.936. The monoisotopic (exact) mass is 257 g/mol. The van der Waals surface area contributed by atoms with E-state index in [2.05, 4.69) is 67.7 Å². The lowest BCUT2D eigenvalue weighted by Gasteiger charge is -2.09. The van der Waals surface area contributed by atoms with Crippen LogP contribution in [0.1, 0.15) is 18.1 Å². The second-order valence-corrected chi connectivity index (χ2v) is 5.42. The van der Waals surface area contributed by atoms with Gasteiger partial charge in [-0.2, -0.15) is 0 Å². The maximum absolute atomic E-state index is 3.39. The number of aryl methyl sites for hydroxylation is 1. The first-order valence-electron chi connectivity index (χ1n) is 6.32. The second-order valence-electron chi connectivity index (χ2n) is 4.30. The van der Waals surface area contributed by atoms with Crippen LogP contribution in [0.4, 0.5) is 0 Å². The summed E-state index contributed by atoms with van der Waals surface area (Å²) < 4.78 is 0. The van der Waals surface area contributed by atoms with Crippen LogP contribution in [-0.2, 0) is 6.54 Å². The van der Waals surface area contributed by atoms with Crippen LogP contribution in [0.2, 0.25) is 0 Å². The van der Waals surface area contributed by atoms with Gasteiger partial charge in [-0.25, -0.2) is 0 Å². The van der Waals surface area contributed by atoms with E-state index in [-0.39, 0.29) is 0 Å². The predicted octanol–water partition coefficient (Wildman–Crippen LogP) is 4.26. The van der Waals surface area contributed by atoms with Gasteiger partial charge in [0.05, 0.1) is 0 Å². The van der Waals surface area contributed by atoms with Crippen molar-refractivity contribution in [3.05, 3.63) is 59.7 Å². The predicted molar refractivity (Wildman–Crippen MR) is 79.1 cm³/mol. The molecule has 0 aromatic heterocycles. The smallest absolute Gasteiger partial charge is 0.0216 e. The molecule has 0 bridgehead atoms. The van der Waals surface area contributed by atoms with E-state index in [1.807, 2.05) is 11.8 Å². The molecule has 0 saturated carbocycles. The Labute approximate surface area is 114 Å². The van der Waals surface area contributed by atoms with Crippen molar-refractivity contribution in [2.24, 2.45) is 0 Å².